The first-order valence-electron chi connectivity index (χ1n) is 9.58. The Morgan fingerprint density at radius 2 is 1.68 bits per heavy atom. The summed E-state index contributed by atoms with van der Waals surface area (Å²) >= 11 is 0. The molecule has 1 amide bonds. The molecule has 1 unspecified atom stereocenters. The molecule has 1 N–H and O–H groups in total. The van der Waals surface area contributed by atoms with Crippen molar-refractivity contribution in [3.8, 4) is 0 Å². The molecular weight excluding hydrogens is 372 g/mol. The van der Waals surface area contributed by atoms with Crippen LogP contribution in [0.5, 0.6) is 0 Å². The Kier molecular flexibility index (Phi) is 7.24. The molecule has 0 aliphatic carbocycles. The molecular formula is C22H30N2O3S. The van der Waals surface area contributed by atoms with E-state index in [9.17, 15) is 13.2 Å². The number of hydrogen-bond donors (Lipinski definition) is 1. The van der Waals surface area contributed by atoms with Gasteiger partial charge in [0.15, 0.2) is 0 Å². The molecule has 0 spiro atoms. The summed E-state index contributed by atoms with van der Waals surface area (Å²) < 4.78 is 25.7. The zero-order chi connectivity index (χ0) is 20.9. The molecule has 0 heterocycles. The lowest BCUT2D eigenvalue weighted by atomic mass is 9.99. The Morgan fingerprint density at radius 3 is 2.18 bits per heavy atom. The highest BCUT2D eigenvalue weighted by Gasteiger charge is 2.22. The van der Waals surface area contributed by atoms with Gasteiger partial charge in [0.25, 0.3) is 0 Å². The second-order valence-electron chi connectivity index (χ2n) is 7.16. The van der Waals surface area contributed by atoms with Crippen molar-refractivity contribution in [2.45, 2.75) is 46.6 Å². The maximum Gasteiger partial charge on any atom is 0.241 e. The topological polar surface area (TPSA) is 66.5 Å². The van der Waals surface area contributed by atoms with Gasteiger partial charge in [0, 0.05) is 0 Å². The summed E-state index contributed by atoms with van der Waals surface area (Å²) in [7, 11) is -3.58. The molecule has 2 rings (SSSR count). The predicted molar refractivity (Wildman–Crippen MR) is 115 cm³/mol. The number of sulfonamides is 1. The van der Waals surface area contributed by atoms with Gasteiger partial charge in [-0.1, -0.05) is 44.2 Å². The van der Waals surface area contributed by atoms with Crippen molar-refractivity contribution in [1.82, 2.24) is 5.32 Å². The first-order valence-corrected chi connectivity index (χ1v) is 11.4. The summed E-state index contributed by atoms with van der Waals surface area (Å²) in [5.74, 6) is -0.324. The van der Waals surface area contributed by atoms with Crippen LogP contribution in [0.25, 0.3) is 0 Å². The first-order chi connectivity index (χ1) is 13.2. The third-order valence-corrected chi connectivity index (χ3v) is 6.14. The largest absolute Gasteiger partial charge is 0.348 e. The molecule has 2 aromatic rings. The molecule has 28 heavy (non-hydrogen) atoms. The van der Waals surface area contributed by atoms with Gasteiger partial charge in [-0.3, -0.25) is 9.10 Å². The highest BCUT2D eigenvalue weighted by molar-refractivity contribution is 7.92. The zero-order valence-corrected chi connectivity index (χ0v) is 18.1. The first kappa shape index (κ1) is 22.0. The van der Waals surface area contributed by atoms with E-state index in [2.05, 4.69) is 11.4 Å². The van der Waals surface area contributed by atoms with Crippen molar-refractivity contribution in [3.05, 3.63) is 64.7 Å². The van der Waals surface area contributed by atoms with Gasteiger partial charge in [0.05, 0.1) is 18.0 Å². The number of nitrogens with zero attached hydrogens (tertiary/aromatic N) is 1. The van der Waals surface area contributed by atoms with Crippen LogP contribution in [0.1, 0.15) is 48.6 Å². The van der Waals surface area contributed by atoms with Crippen LogP contribution in [0.3, 0.4) is 0 Å². The second kappa shape index (κ2) is 9.24. The van der Waals surface area contributed by atoms with Crippen LogP contribution in [0.2, 0.25) is 0 Å². The van der Waals surface area contributed by atoms with E-state index in [1.807, 2.05) is 52.0 Å². The second-order valence-corrected chi connectivity index (χ2v) is 9.07. The smallest absolute Gasteiger partial charge is 0.241 e. The van der Waals surface area contributed by atoms with E-state index in [0.717, 1.165) is 34.5 Å². The van der Waals surface area contributed by atoms with Crippen LogP contribution in [0, 0.1) is 13.8 Å². The number of anilines is 1. The normalized spacial score (nSPS) is 12.5. The number of benzene rings is 2. The van der Waals surface area contributed by atoms with Crippen LogP contribution in [-0.4, -0.2) is 27.1 Å². The third kappa shape index (κ3) is 5.58. The van der Waals surface area contributed by atoms with Gasteiger partial charge in [-0.25, -0.2) is 8.42 Å². The minimum Gasteiger partial charge on any atom is -0.348 e. The Labute approximate surface area is 168 Å². The Bertz CT molecular complexity index is 921. The molecule has 0 fully saturated rings. The highest BCUT2D eigenvalue weighted by atomic mass is 32.2. The van der Waals surface area contributed by atoms with E-state index >= 15 is 0 Å². The monoisotopic (exact) mass is 402 g/mol. The molecule has 0 aliphatic rings. The number of rotatable bonds is 8. The fourth-order valence-corrected chi connectivity index (χ4v) is 3.93. The SMILES string of the molecule is CCc1ccc(N(CC(=O)NC(CC)c2ccc(C)c(C)c2)S(C)(=O)=O)cc1. The van der Waals surface area contributed by atoms with Crippen molar-refractivity contribution < 1.29 is 13.2 Å². The average Bonchev–Trinajstić information content (AvgIpc) is 2.65. The minimum absolute atomic E-state index is 0.157. The Hall–Kier alpha value is -2.34. The number of amides is 1. The number of hydrogen-bond acceptors (Lipinski definition) is 3. The molecule has 5 nitrogen and oxygen atoms in total. The molecule has 152 valence electrons. The molecule has 0 saturated carbocycles. The summed E-state index contributed by atoms with van der Waals surface area (Å²) in [5, 5.41) is 2.98. The van der Waals surface area contributed by atoms with Crippen molar-refractivity contribution in [1.29, 1.82) is 0 Å². The van der Waals surface area contributed by atoms with Gasteiger partial charge >= 0.3 is 0 Å². The molecule has 6 heteroatoms. The van der Waals surface area contributed by atoms with E-state index in [4.69, 9.17) is 0 Å². The van der Waals surface area contributed by atoms with E-state index in [-0.39, 0.29) is 18.5 Å². The molecule has 2 aromatic carbocycles. The number of carbonyl (C=O) groups is 1. The molecule has 0 radical (unpaired) electrons. The predicted octanol–water partition coefficient (Wildman–Crippen LogP) is 3.90. The van der Waals surface area contributed by atoms with Crippen molar-refractivity contribution in [2.75, 3.05) is 17.1 Å². The maximum atomic E-state index is 12.7. The van der Waals surface area contributed by atoms with Crippen LogP contribution in [0.4, 0.5) is 5.69 Å². The Morgan fingerprint density at radius 1 is 1.04 bits per heavy atom. The Balaban J connectivity index is 2.19. The molecule has 0 aromatic heterocycles. The average molecular weight is 403 g/mol. The molecule has 1 atom stereocenters. The molecule has 0 saturated heterocycles. The quantitative estimate of drug-likeness (QED) is 0.728. The van der Waals surface area contributed by atoms with E-state index in [1.54, 1.807) is 12.1 Å². The fraction of sp³-hybridized carbons (Fsp3) is 0.409. The van der Waals surface area contributed by atoms with Crippen LogP contribution >= 0.6 is 0 Å². The highest BCUT2D eigenvalue weighted by Crippen LogP contribution is 2.21. The van der Waals surface area contributed by atoms with Crippen molar-refractivity contribution >= 4 is 21.6 Å². The lowest BCUT2D eigenvalue weighted by Crippen LogP contribution is -2.41. The molecule has 0 bridgehead atoms. The standard InChI is InChI=1S/C22H30N2O3S/c1-6-18-9-12-20(13-10-18)24(28(5,26)27)15-22(25)23-21(7-2)19-11-8-16(3)17(4)14-19/h8-14,21H,6-7,15H2,1-5H3,(H,23,25). The lowest BCUT2D eigenvalue weighted by molar-refractivity contribution is -0.120. The van der Waals surface area contributed by atoms with Gasteiger partial charge < -0.3 is 5.32 Å². The molecule has 0 aliphatic heterocycles. The van der Waals surface area contributed by atoms with Crippen LogP contribution < -0.4 is 9.62 Å². The van der Waals surface area contributed by atoms with Gasteiger partial charge in [0.1, 0.15) is 6.54 Å². The summed E-state index contributed by atoms with van der Waals surface area (Å²) in [6.07, 6.45) is 2.71. The zero-order valence-electron chi connectivity index (χ0n) is 17.3. The minimum atomic E-state index is -3.58. The van der Waals surface area contributed by atoms with Crippen LogP contribution in [0.15, 0.2) is 42.5 Å². The summed E-state index contributed by atoms with van der Waals surface area (Å²) in [6.45, 7) is 7.88. The van der Waals surface area contributed by atoms with Crippen LogP contribution in [-0.2, 0) is 21.2 Å². The van der Waals surface area contributed by atoms with Gasteiger partial charge in [0.2, 0.25) is 15.9 Å². The third-order valence-electron chi connectivity index (χ3n) is 5.00. The summed E-state index contributed by atoms with van der Waals surface area (Å²) in [5.41, 5.74) is 5.00. The lowest BCUT2D eigenvalue weighted by Gasteiger charge is -2.24. The van der Waals surface area contributed by atoms with E-state index < -0.39 is 10.0 Å². The van der Waals surface area contributed by atoms with Crippen molar-refractivity contribution in [2.24, 2.45) is 0 Å². The van der Waals surface area contributed by atoms with Gasteiger partial charge in [-0.2, -0.15) is 0 Å². The maximum absolute atomic E-state index is 12.7. The van der Waals surface area contributed by atoms with Gasteiger partial charge in [-0.15, -0.1) is 0 Å². The summed E-state index contributed by atoms with van der Waals surface area (Å²) in [4.78, 5) is 12.7. The number of nitrogens with one attached hydrogen (secondary N) is 1. The van der Waals surface area contributed by atoms with Crippen molar-refractivity contribution in [3.63, 3.8) is 0 Å². The number of carbonyl (C=O) groups excluding carboxylic acids is 1. The summed E-state index contributed by atoms with van der Waals surface area (Å²) in [6, 6.07) is 13.2. The van der Waals surface area contributed by atoms with E-state index in [0.29, 0.717) is 5.69 Å². The van der Waals surface area contributed by atoms with Gasteiger partial charge in [-0.05, 0) is 61.1 Å². The van der Waals surface area contributed by atoms with E-state index in [1.165, 1.54) is 11.1 Å². The number of aryl methyl sites for hydroxylation is 3. The fourth-order valence-electron chi connectivity index (χ4n) is 3.07.